The highest BCUT2D eigenvalue weighted by Crippen LogP contribution is 2.35. The Balaban J connectivity index is 2.97. The molecule has 27 heavy (non-hydrogen) atoms. The van der Waals surface area contributed by atoms with E-state index in [1.54, 1.807) is 26.8 Å². The number of nitro benzene ring substituents is 1. The third kappa shape index (κ3) is 7.14. The van der Waals surface area contributed by atoms with Crippen molar-refractivity contribution in [2.45, 2.75) is 38.8 Å². The van der Waals surface area contributed by atoms with Crippen LogP contribution in [0, 0.1) is 10.1 Å². The van der Waals surface area contributed by atoms with Gasteiger partial charge in [-0.3, -0.25) is 10.1 Å². The summed E-state index contributed by atoms with van der Waals surface area (Å²) in [6, 6.07) is 1.36. The van der Waals surface area contributed by atoms with Crippen molar-refractivity contribution in [3.05, 3.63) is 45.5 Å². The summed E-state index contributed by atoms with van der Waals surface area (Å²) in [5, 5.41) is 22.4. The minimum absolute atomic E-state index is 0.134. The lowest BCUT2D eigenvalue weighted by Gasteiger charge is -2.23. The fraction of sp³-hybridized carbons (Fsp3) is 0.412. The van der Waals surface area contributed by atoms with Gasteiger partial charge in [0.25, 0.3) is 5.69 Å². The van der Waals surface area contributed by atoms with Crippen LogP contribution in [0.1, 0.15) is 37.6 Å². The van der Waals surface area contributed by atoms with Crippen molar-refractivity contribution in [3.8, 4) is 5.75 Å². The Bertz CT molecular complexity index is 744. The monoisotopic (exact) mass is 400 g/mol. The number of carbonyl (C=O) groups is 2. The van der Waals surface area contributed by atoms with E-state index in [9.17, 15) is 19.7 Å². The number of nitrogens with zero attached hydrogens (tertiary/aromatic N) is 1. The average Bonchev–Trinajstić information content (AvgIpc) is 2.51. The van der Waals surface area contributed by atoms with Gasteiger partial charge < -0.3 is 19.9 Å². The molecule has 0 aliphatic rings. The number of alkyl carbamates (subject to hydrolysis) is 1. The fourth-order valence-electron chi connectivity index (χ4n) is 1.98. The van der Waals surface area contributed by atoms with Crippen LogP contribution in [0.5, 0.6) is 5.75 Å². The molecule has 148 valence electrons. The van der Waals surface area contributed by atoms with Crippen molar-refractivity contribution in [2.75, 3.05) is 6.61 Å². The Morgan fingerprint density at radius 3 is 2.56 bits per heavy atom. The van der Waals surface area contributed by atoms with Gasteiger partial charge in [-0.05, 0) is 33.3 Å². The van der Waals surface area contributed by atoms with Crippen LogP contribution < -0.4 is 10.1 Å². The molecule has 1 rings (SSSR count). The van der Waals surface area contributed by atoms with Gasteiger partial charge in [-0.1, -0.05) is 17.7 Å². The second-order valence-corrected chi connectivity index (χ2v) is 6.93. The van der Waals surface area contributed by atoms with E-state index in [4.69, 9.17) is 26.2 Å². The van der Waals surface area contributed by atoms with E-state index in [1.807, 2.05) is 0 Å². The molecule has 0 radical (unpaired) electrons. The number of carboxylic acid groups (broad SMARTS) is 1. The summed E-state index contributed by atoms with van der Waals surface area (Å²) in [6.07, 6.45) is 1.19. The van der Waals surface area contributed by atoms with Crippen molar-refractivity contribution in [3.63, 3.8) is 0 Å². The summed E-state index contributed by atoms with van der Waals surface area (Å²) in [7, 11) is 0. The maximum atomic E-state index is 11.9. The highest BCUT2D eigenvalue weighted by molar-refractivity contribution is 6.34. The maximum absolute atomic E-state index is 11.9. The van der Waals surface area contributed by atoms with Crippen molar-refractivity contribution in [2.24, 2.45) is 0 Å². The smallest absolute Gasteiger partial charge is 0.408 e. The van der Waals surface area contributed by atoms with E-state index in [0.717, 1.165) is 12.1 Å². The summed E-state index contributed by atoms with van der Waals surface area (Å²) in [5.74, 6) is -1.54. The molecule has 0 spiro atoms. The summed E-state index contributed by atoms with van der Waals surface area (Å²) in [4.78, 5) is 33.3. The van der Waals surface area contributed by atoms with E-state index >= 15 is 0 Å². The Hall–Kier alpha value is -2.81. The number of carbonyl (C=O) groups excluding carboxylic acids is 1. The molecule has 2 N–H and O–H groups in total. The third-order valence-electron chi connectivity index (χ3n) is 3.08. The van der Waals surface area contributed by atoms with Gasteiger partial charge in [0.05, 0.1) is 16.5 Å². The summed E-state index contributed by atoms with van der Waals surface area (Å²) < 4.78 is 10.6. The molecule has 1 atom stereocenters. The number of ether oxygens (including phenoxy) is 2. The van der Waals surface area contributed by atoms with Crippen LogP contribution in [0.3, 0.4) is 0 Å². The molecule has 0 unspecified atom stereocenters. The molecule has 0 aliphatic carbocycles. The number of aromatic carboxylic acids is 1. The van der Waals surface area contributed by atoms with Gasteiger partial charge >= 0.3 is 12.1 Å². The van der Waals surface area contributed by atoms with Gasteiger partial charge in [0.1, 0.15) is 18.0 Å². The normalized spacial score (nSPS) is 12.0. The molecule has 0 aromatic heterocycles. The van der Waals surface area contributed by atoms with Crippen molar-refractivity contribution >= 4 is 29.4 Å². The highest BCUT2D eigenvalue weighted by Gasteiger charge is 2.23. The lowest BCUT2D eigenvalue weighted by atomic mass is 10.2. The largest absolute Gasteiger partial charge is 0.490 e. The predicted octanol–water partition coefficient (Wildman–Crippen LogP) is 3.79. The van der Waals surface area contributed by atoms with Gasteiger partial charge in [0.15, 0.2) is 5.02 Å². The molecule has 0 saturated carbocycles. The van der Waals surface area contributed by atoms with E-state index in [0.29, 0.717) is 6.42 Å². The zero-order chi connectivity index (χ0) is 20.8. The van der Waals surface area contributed by atoms with Gasteiger partial charge in [0, 0.05) is 6.07 Å². The molecule has 9 nitrogen and oxygen atoms in total. The van der Waals surface area contributed by atoms with Crippen LogP contribution in [-0.2, 0) is 4.74 Å². The van der Waals surface area contributed by atoms with Crippen LogP contribution in [0.2, 0.25) is 5.02 Å². The van der Waals surface area contributed by atoms with Crippen LogP contribution in [0.4, 0.5) is 10.5 Å². The summed E-state index contributed by atoms with van der Waals surface area (Å²) in [6.45, 7) is 8.59. The molecule has 0 heterocycles. The molecule has 10 heteroatoms. The number of amides is 1. The number of benzene rings is 1. The number of carboxylic acids is 1. The molecular formula is C17H21ClN2O7. The van der Waals surface area contributed by atoms with E-state index in [1.165, 1.54) is 0 Å². The minimum atomic E-state index is -1.37. The first-order valence-corrected chi connectivity index (χ1v) is 8.26. The second kappa shape index (κ2) is 9.22. The first-order chi connectivity index (χ1) is 12.4. The van der Waals surface area contributed by atoms with Crippen molar-refractivity contribution in [1.29, 1.82) is 0 Å². The SMILES string of the molecule is C=CC[C@H](COc1cc(C(=O)O)cc([N+](=O)[O-])c1Cl)NC(=O)OC(C)(C)C. The predicted molar refractivity (Wildman–Crippen MR) is 98.5 cm³/mol. The summed E-state index contributed by atoms with van der Waals surface area (Å²) in [5.41, 5.74) is -1.63. The van der Waals surface area contributed by atoms with Gasteiger partial charge in [0.2, 0.25) is 0 Å². The van der Waals surface area contributed by atoms with E-state index in [2.05, 4.69) is 11.9 Å². The molecular weight excluding hydrogens is 380 g/mol. The molecule has 1 aromatic rings. The van der Waals surface area contributed by atoms with E-state index in [-0.39, 0.29) is 22.9 Å². The topological polar surface area (TPSA) is 128 Å². The number of rotatable bonds is 8. The van der Waals surface area contributed by atoms with Crippen LogP contribution in [0.15, 0.2) is 24.8 Å². The first-order valence-electron chi connectivity index (χ1n) is 7.89. The number of nitro groups is 1. The zero-order valence-electron chi connectivity index (χ0n) is 15.2. The molecule has 1 aromatic carbocycles. The molecule has 1 amide bonds. The quantitative estimate of drug-likeness (QED) is 0.385. The third-order valence-corrected chi connectivity index (χ3v) is 3.46. The highest BCUT2D eigenvalue weighted by atomic mass is 35.5. The average molecular weight is 401 g/mol. The Morgan fingerprint density at radius 1 is 1.44 bits per heavy atom. The molecule has 0 aliphatic heterocycles. The van der Waals surface area contributed by atoms with Gasteiger partial charge in [-0.2, -0.15) is 0 Å². The van der Waals surface area contributed by atoms with Crippen molar-refractivity contribution < 1.29 is 29.1 Å². The Kier molecular flexibility index (Phi) is 7.59. The van der Waals surface area contributed by atoms with Crippen LogP contribution >= 0.6 is 11.6 Å². The standard InChI is InChI=1S/C17H21ClN2O7/c1-5-6-11(19-16(23)27-17(2,3)4)9-26-13-8-10(15(21)22)7-12(14(13)18)20(24)25/h5,7-8,11H,1,6,9H2,2-4H3,(H,19,23)(H,21,22)/t11-/m1/s1. The molecule has 0 saturated heterocycles. The number of halogens is 1. The van der Waals surface area contributed by atoms with Crippen LogP contribution in [-0.4, -0.2) is 40.3 Å². The number of hydrogen-bond donors (Lipinski definition) is 2. The Morgan fingerprint density at radius 2 is 2.07 bits per heavy atom. The van der Waals surface area contributed by atoms with Gasteiger partial charge in [-0.15, -0.1) is 6.58 Å². The molecule has 0 bridgehead atoms. The molecule has 0 fully saturated rings. The Labute approximate surface area is 161 Å². The summed E-state index contributed by atoms with van der Waals surface area (Å²) >= 11 is 5.94. The zero-order valence-corrected chi connectivity index (χ0v) is 15.9. The van der Waals surface area contributed by atoms with E-state index < -0.39 is 34.3 Å². The number of nitrogens with one attached hydrogen (secondary N) is 1. The number of hydrogen-bond acceptors (Lipinski definition) is 6. The van der Waals surface area contributed by atoms with Gasteiger partial charge in [-0.25, -0.2) is 9.59 Å². The fourth-order valence-corrected chi connectivity index (χ4v) is 2.21. The minimum Gasteiger partial charge on any atom is -0.490 e. The maximum Gasteiger partial charge on any atom is 0.408 e. The lowest BCUT2D eigenvalue weighted by Crippen LogP contribution is -2.41. The lowest BCUT2D eigenvalue weighted by molar-refractivity contribution is -0.384. The second-order valence-electron chi connectivity index (χ2n) is 6.55. The first kappa shape index (κ1) is 22.2. The van der Waals surface area contributed by atoms with Crippen LogP contribution in [0.25, 0.3) is 0 Å². The van der Waals surface area contributed by atoms with Crippen molar-refractivity contribution in [1.82, 2.24) is 5.32 Å².